The summed E-state index contributed by atoms with van der Waals surface area (Å²) < 4.78 is 23.8. The van der Waals surface area contributed by atoms with Gasteiger partial charge in [0.15, 0.2) is 5.79 Å². The Morgan fingerprint density at radius 2 is 1.94 bits per heavy atom. The number of carbonyl (C=O) groups excluding carboxylic acids is 1. The van der Waals surface area contributed by atoms with E-state index < -0.39 is 17.0 Å². The summed E-state index contributed by atoms with van der Waals surface area (Å²) in [6.07, 6.45) is 2.24. The molecular formula is C23H31N3O5. The minimum absolute atomic E-state index is 0.294. The molecule has 1 spiro atoms. The van der Waals surface area contributed by atoms with Gasteiger partial charge in [-0.2, -0.15) is 0 Å². The van der Waals surface area contributed by atoms with Gasteiger partial charge in [0.05, 0.1) is 24.3 Å². The van der Waals surface area contributed by atoms with Crippen molar-refractivity contribution in [1.82, 2.24) is 14.9 Å². The molecule has 0 unspecified atom stereocenters. The second-order valence-electron chi connectivity index (χ2n) is 9.66. The molecule has 2 aliphatic heterocycles. The summed E-state index contributed by atoms with van der Waals surface area (Å²) in [4.78, 5) is 23.4. The smallest absolute Gasteiger partial charge is 0.410 e. The number of amides is 1. The Morgan fingerprint density at radius 1 is 1.23 bits per heavy atom. The van der Waals surface area contributed by atoms with Gasteiger partial charge >= 0.3 is 6.09 Å². The Balaban J connectivity index is 1.65. The first-order valence-corrected chi connectivity index (χ1v) is 10.7. The van der Waals surface area contributed by atoms with E-state index in [0.29, 0.717) is 31.8 Å². The van der Waals surface area contributed by atoms with E-state index in [0.717, 1.165) is 16.6 Å². The predicted octanol–water partition coefficient (Wildman–Crippen LogP) is 4.23. The highest BCUT2D eigenvalue weighted by molar-refractivity contribution is 5.79. The van der Waals surface area contributed by atoms with Gasteiger partial charge in [-0.25, -0.2) is 14.8 Å². The molecule has 0 bridgehead atoms. The molecular weight excluding hydrogens is 398 g/mol. The Morgan fingerprint density at radius 3 is 2.58 bits per heavy atom. The van der Waals surface area contributed by atoms with Gasteiger partial charge in [0.2, 0.25) is 5.88 Å². The SMILES string of the molecule is COc1cnc2cccc([C@@H]3OC(C)(C)OC34CCN(C(=O)OC(C)(C)C)CC4)c2n1. The van der Waals surface area contributed by atoms with Crippen molar-refractivity contribution >= 4 is 17.1 Å². The van der Waals surface area contributed by atoms with Crippen molar-refractivity contribution < 1.29 is 23.7 Å². The summed E-state index contributed by atoms with van der Waals surface area (Å²) >= 11 is 0. The van der Waals surface area contributed by atoms with Crippen LogP contribution in [0.3, 0.4) is 0 Å². The minimum atomic E-state index is -0.757. The normalized spacial score (nSPS) is 22.6. The molecule has 4 rings (SSSR count). The summed E-state index contributed by atoms with van der Waals surface area (Å²) in [5.41, 5.74) is 1.33. The van der Waals surface area contributed by atoms with Gasteiger partial charge in [-0.1, -0.05) is 12.1 Å². The molecule has 0 aliphatic carbocycles. The van der Waals surface area contributed by atoms with Crippen LogP contribution in [0, 0.1) is 0 Å². The zero-order chi connectivity index (χ0) is 22.4. The molecule has 0 N–H and O–H groups in total. The van der Waals surface area contributed by atoms with Crippen LogP contribution in [0.1, 0.15) is 59.1 Å². The molecule has 168 valence electrons. The lowest BCUT2D eigenvalue weighted by molar-refractivity contribution is -0.170. The van der Waals surface area contributed by atoms with Crippen LogP contribution in [0.4, 0.5) is 4.79 Å². The van der Waals surface area contributed by atoms with Crippen LogP contribution < -0.4 is 4.74 Å². The van der Waals surface area contributed by atoms with E-state index in [4.69, 9.17) is 18.9 Å². The van der Waals surface area contributed by atoms with Gasteiger partial charge in [-0.05, 0) is 53.5 Å². The van der Waals surface area contributed by atoms with Gasteiger partial charge in [0.1, 0.15) is 17.3 Å². The van der Waals surface area contributed by atoms with Crippen molar-refractivity contribution in [2.75, 3.05) is 20.2 Å². The summed E-state index contributed by atoms with van der Waals surface area (Å²) in [5, 5.41) is 0. The lowest BCUT2D eigenvalue weighted by Gasteiger charge is -2.41. The van der Waals surface area contributed by atoms with Gasteiger partial charge in [0.25, 0.3) is 0 Å². The summed E-state index contributed by atoms with van der Waals surface area (Å²) in [7, 11) is 1.57. The zero-order valence-electron chi connectivity index (χ0n) is 19.1. The topological polar surface area (TPSA) is 83.0 Å². The van der Waals surface area contributed by atoms with Crippen LogP contribution >= 0.6 is 0 Å². The van der Waals surface area contributed by atoms with Gasteiger partial charge < -0.3 is 23.8 Å². The fraction of sp³-hybridized carbons (Fsp3) is 0.609. The third-order valence-corrected chi connectivity index (χ3v) is 5.66. The van der Waals surface area contributed by atoms with Crippen molar-refractivity contribution in [1.29, 1.82) is 0 Å². The minimum Gasteiger partial charge on any atom is -0.480 e. The molecule has 3 heterocycles. The number of ether oxygens (including phenoxy) is 4. The standard InChI is InChI=1S/C23H31N3O5/c1-21(2,3)30-20(27)26-12-10-23(11-13-26)19(29-22(4,5)31-23)15-8-7-9-16-18(15)25-17(28-6)14-24-16/h7-9,14,19H,10-13H2,1-6H3/t19-/m0/s1. The Hall–Kier alpha value is -2.45. The molecule has 2 saturated heterocycles. The van der Waals surface area contributed by atoms with Crippen molar-refractivity contribution in [3.8, 4) is 5.88 Å². The van der Waals surface area contributed by atoms with E-state index in [1.807, 2.05) is 52.8 Å². The molecule has 2 fully saturated rings. The Kier molecular flexibility index (Phi) is 5.34. The average Bonchev–Trinajstić information content (AvgIpc) is 2.96. The Labute approximate surface area is 182 Å². The number of piperidine rings is 1. The number of likely N-dealkylation sites (tertiary alicyclic amines) is 1. The molecule has 2 aromatic rings. The van der Waals surface area contributed by atoms with Crippen molar-refractivity contribution in [2.45, 2.75) is 70.6 Å². The van der Waals surface area contributed by atoms with Crippen LogP contribution in [0.2, 0.25) is 0 Å². The van der Waals surface area contributed by atoms with Crippen LogP contribution in [0.15, 0.2) is 24.4 Å². The van der Waals surface area contributed by atoms with E-state index in [1.54, 1.807) is 18.2 Å². The molecule has 1 atom stereocenters. The summed E-state index contributed by atoms with van der Waals surface area (Å²) in [5.74, 6) is -0.306. The molecule has 1 aromatic carbocycles. The number of methoxy groups -OCH3 is 1. The molecule has 1 amide bonds. The number of aromatic nitrogens is 2. The first-order chi connectivity index (χ1) is 14.5. The third-order valence-electron chi connectivity index (χ3n) is 5.66. The number of carbonyl (C=O) groups is 1. The quantitative estimate of drug-likeness (QED) is 0.706. The van der Waals surface area contributed by atoms with E-state index in [-0.39, 0.29) is 12.2 Å². The number of para-hydroxylation sites is 1. The largest absolute Gasteiger partial charge is 0.480 e. The number of benzene rings is 1. The number of rotatable bonds is 2. The number of nitrogens with zero attached hydrogens (tertiary/aromatic N) is 3. The number of hydrogen-bond donors (Lipinski definition) is 0. The zero-order valence-corrected chi connectivity index (χ0v) is 19.1. The second-order valence-corrected chi connectivity index (χ2v) is 9.66. The maximum absolute atomic E-state index is 12.5. The van der Waals surface area contributed by atoms with E-state index in [9.17, 15) is 4.79 Å². The summed E-state index contributed by atoms with van der Waals surface area (Å²) in [6, 6.07) is 5.88. The maximum Gasteiger partial charge on any atom is 0.410 e. The van der Waals surface area contributed by atoms with Gasteiger partial charge in [-0.15, -0.1) is 0 Å². The van der Waals surface area contributed by atoms with Crippen LogP contribution in [0.25, 0.3) is 11.0 Å². The highest BCUT2D eigenvalue weighted by atomic mass is 16.8. The molecule has 8 nitrogen and oxygen atoms in total. The number of hydrogen-bond acceptors (Lipinski definition) is 7. The van der Waals surface area contributed by atoms with Crippen molar-refractivity contribution in [3.05, 3.63) is 30.0 Å². The molecule has 31 heavy (non-hydrogen) atoms. The molecule has 0 radical (unpaired) electrons. The highest BCUT2D eigenvalue weighted by Gasteiger charge is 2.55. The third kappa shape index (κ3) is 4.32. The first kappa shape index (κ1) is 21.8. The van der Waals surface area contributed by atoms with E-state index >= 15 is 0 Å². The van der Waals surface area contributed by atoms with E-state index in [1.165, 1.54) is 0 Å². The fourth-order valence-electron chi connectivity index (χ4n) is 4.41. The van der Waals surface area contributed by atoms with Crippen molar-refractivity contribution in [2.24, 2.45) is 0 Å². The molecule has 8 heteroatoms. The van der Waals surface area contributed by atoms with Crippen LogP contribution in [0.5, 0.6) is 5.88 Å². The fourth-order valence-corrected chi connectivity index (χ4v) is 4.41. The van der Waals surface area contributed by atoms with Crippen LogP contribution in [-0.4, -0.2) is 58.1 Å². The predicted molar refractivity (Wildman–Crippen MR) is 115 cm³/mol. The van der Waals surface area contributed by atoms with Crippen LogP contribution in [-0.2, 0) is 14.2 Å². The second kappa shape index (κ2) is 7.60. The van der Waals surface area contributed by atoms with E-state index in [2.05, 4.69) is 9.97 Å². The maximum atomic E-state index is 12.5. The van der Waals surface area contributed by atoms with Crippen molar-refractivity contribution in [3.63, 3.8) is 0 Å². The first-order valence-electron chi connectivity index (χ1n) is 10.7. The average molecular weight is 430 g/mol. The van der Waals surface area contributed by atoms with Gasteiger partial charge in [-0.3, -0.25) is 0 Å². The lowest BCUT2D eigenvalue weighted by atomic mass is 9.82. The van der Waals surface area contributed by atoms with Gasteiger partial charge in [0, 0.05) is 18.7 Å². The monoisotopic (exact) mass is 429 g/mol. The molecule has 0 saturated carbocycles. The molecule has 1 aromatic heterocycles. The Bertz CT molecular complexity index is 977. The lowest BCUT2D eigenvalue weighted by Crippen LogP contribution is -2.50. The molecule has 2 aliphatic rings. The summed E-state index contributed by atoms with van der Waals surface area (Å²) in [6.45, 7) is 10.5. The number of fused-ring (bicyclic) bond motifs is 1. The highest BCUT2D eigenvalue weighted by Crippen LogP contribution is 2.51.